The van der Waals surface area contributed by atoms with E-state index in [2.05, 4.69) is 30.7 Å². The number of rotatable bonds is 7. The van der Waals surface area contributed by atoms with Crippen LogP contribution in [-0.4, -0.2) is 68.5 Å². The van der Waals surface area contributed by atoms with Crippen LogP contribution in [0.15, 0.2) is 0 Å². The van der Waals surface area contributed by atoms with E-state index in [1.165, 1.54) is 15.8 Å². The highest BCUT2D eigenvalue weighted by molar-refractivity contribution is 7.18. The average molecular weight is 365 g/mol. The normalized spacial score (nSPS) is 15.8. The van der Waals surface area contributed by atoms with Crippen LogP contribution in [0, 0.1) is 13.8 Å². The Balaban J connectivity index is 1.90. The second-order valence-electron chi connectivity index (χ2n) is 6.58. The van der Waals surface area contributed by atoms with Crippen molar-refractivity contribution in [3.8, 4) is 0 Å². The zero-order valence-electron chi connectivity index (χ0n) is 15.7. The summed E-state index contributed by atoms with van der Waals surface area (Å²) in [6.07, 6.45) is 0.986. The van der Waals surface area contributed by atoms with Gasteiger partial charge in [0.2, 0.25) is 0 Å². The Morgan fingerprint density at radius 2 is 2.00 bits per heavy atom. The number of fused-ring (bicyclic) bond motifs is 1. The van der Waals surface area contributed by atoms with Gasteiger partial charge in [0.1, 0.15) is 16.5 Å². The number of aromatic nitrogens is 2. The van der Waals surface area contributed by atoms with Gasteiger partial charge in [0.05, 0.1) is 25.1 Å². The summed E-state index contributed by atoms with van der Waals surface area (Å²) in [5, 5.41) is 1.20. The molecule has 0 bridgehead atoms. The molecular weight excluding hydrogens is 336 g/mol. The van der Waals surface area contributed by atoms with E-state index in [1.54, 1.807) is 18.4 Å². The molecule has 25 heavy (non-hydrogen) atoms. The summed E-state index contributed by atoms with van der Waals surface area (Å²) < 4.78 is 10.6. The minimum atomic E-state index is 0.765. The predicted octanol–water partition coefficient (Wildman–Crippen LogP) is 2.61. The van der Waals surface area contributed by atoms with E-state index in [-0.39, 0.29) is 0 Å². The van der Waals surface area contributed by atoms with Gasteiger partial charge >= 0.3 is 0 Å². The van der Waals surface area contributed by atoms with Crippen molar-refractivity contribution in [3.63, 3.8) is 0 Å². The lowest BCUT2D eigenvalue weighted by molar-refractivity contribution is 0.0331. The van der Waals surface area contributed by atoms with Crippen LogP contribution < -0.4 is 4.90 Å². The van der Waals surface area contributed by atoms with E-state index in [4.69, 9.17) is 19.4 Å². The van der Waals surface area contributed by atoms with Gasteiger partial charge in [-0.05, 0) is 25.8 Å². The molecule has 0 unspecified atom stereocenters. The highest BCUT2D eigenvalue weighted by Crippen LogP contribution is 2.34. The number of aryl methyl sites for hydroxylation is 2. The maximum atomic E-state index is 5.44. The fourth-order valence-electron chi connectivity index (χ4n) is 3.13. The first kappa shape index (κ1) is 18.5. The van der Waals surface area contributed by atoms with Gasteiger partial charge in [0, 0.05) is 45.3 Å². The number of morpholine rings is 1. The van der Waals surface area contributed by atoms with Crippen molar-refractivity contribution in [2.75, 3.05) is 58.5 Å². The molecule has 0 amide bonds. The molecule has 1 aliphatic heterocycles. The third kappa shape index (κ3) is 4.28. The molecule has 1 aliphatic rings. The van der Waals surface area contributed by atoms with Crippen molar-refractivity contribution >= 4 is 27.4 Å². The Labute approximate surface area is 153 Å². The first-order chi connectivity index (χ1) is 12.1. The van der Waals surface area contributed by atoms with Crippen LogP contribution in [0.2, 0.25) is 0 Å². The molecule has 0 N–H and O–H groups in total. The van der Waals surface area contributed by atoms with E-state index < -0.39 is 0 Å². The molecule has 2 aromatic rings. The largest absolute Gasteiger partial charge is 0.385 e. The molecule has 0 aliphatic carbocycles. The van der Waals surface area contributed by atoms with E-state index in [1.807, 2.05) is 0 Å². The predicted molar refractivity (Wildman–Crippen MR) is 103 cm³/mol. The quantitative estimate of drug-likeness (QED) is 0.704. The Kier molecular flexibility index (Phi) is 6.22. The summed E-state index contributed by atoms with van der Waals surface area (Å²) in [6, 6.07) is 0. The van der Waals surface area contributed by atoms with Crippen LogP contribution >= 0.6 is 11.3 Å². The first-order valence-corrected chi connectivity index (χ1v) is 9.68. The van der Waals surface area contributed by atoms with Crippen molar-refractivity contribution < 1.29 is 9.47 Å². The molecule has 0 radical (unpaired) electrons. The van der Waals surface area contributed by atoms with Crippen LogP contribution in [0.5, 0.6) is 0 Å². The molecule has 3 heterocycles. The molecule has 0 atom stereocenters. The van der Waals surface area contributed by atoms with E-state index >= 15 is 0 Å². The zero-order chi connectivity index (χ0) is 17.8. The van der Waals surface area contributed by atoms with Crippen molar-refractivity contribution in [3.05, 3.63) is 16.3 Å². The number of anilines is 1. The number of nitrogens with zero attached hydrogens (tertiary/aromatic N) is 4. The van der Waals surface area contributed by atoms with Crippen LogP contribution in [0.1, 0.15) is 22.7 Å². The molecule has 1 saturated heterocycles. The van der Waals surface area contributed by atoms with Gasteiger partial charge in [-0.25, -0.2) is 9.97 Å². The highest BCUT2D eigenvalue weighted by Gasteiger charge is 2.19. The lowest BCUT2D eigenvalue weighted by Gasteiger charge is -2.26. The summed E-state index contributed by atoms with van der Waals surface area (Å²) in [6.45, 7) is 10.3. The summed E-state index contributed by atoms with van der Waals surface area (Å²) in [5.41, 5.74) is 1.30. The number of hydrogen-bond acceptors (Lipinski definition) is 7. The Morgan fingerprint density at radius 3 is 2.72 bits per heavy atom. The molecule has 0 spiro atoms. The van der Waals surface area contributed by atoms with Crippen LogP contribution in [0.25, 0.3) is 10.2 Å². The SMILES string of the molecule is COCCCN(C)c1nc(CN2CCOCC2)nc2sc(C)c(C)c12. The minimum absolute atomic E-state index is 0.765. The Bertz CT molecular complexity index is 713. The third-order valence-corrected chi connectivity index (χ3v) is 5.83. The van der Waals surface area contributed by atoms with Gasteiger partial charge in [0.25, 0.3) is 0 Å². The Morgan fingerprint density at radius 1 is 1.24 bits per heavy atom. The van der Waals surface area contributed by atoms with Gasteiger partial charge in [-0.2, -0.15) is 0 Å². The molecule has 0 aromatic carbocycles. The summed E-state index contributed by atoms with van der Waals surface area (Å²) >= 11 is 1.77. The highest BCUT2D eigenvalue weighted by atomic mass is 32.1. The van der Waals surface area contributed by atoms with Gasteiger partial charge in [0.15, 0.2) is 0 Å². The lowest BCUT2D eigenvalue weighted by Crippen LogP contribution is -2.36. The van der Waals surface area contributed by atoms with Gasteiger partial charge in [-0.1, -0.05) is 0 Å². The topological polar surface area (TPSA) is 50.7 Å². The van der Waals surface area contributed by atoms with E-state index in [0.717, 1.165) is 68.9 Å². The molecule has 6 nitrogen and oxygen atoms in total. The second-order valence-corrected chi connectivity index (χ2v) is 7.79. The monoisotopic (exact) mass is 364 g/mol. The number of thiophene rings is 1. The Hall–Kier alpha value is -1.28. The second kappa shape index (κ2) is 8.40. The van der Waals surface area contributed by atoms with Crippen molar-refractivity contribution in [2.24, 2.45) is 0 Å². The van der Waals surface area contributed by atoms with Crippen LogP contribution in [-0.2, 0) is 16.0 Å². The molecular formula is C18H28N4O2S. The first-order valence-electron chi connectivity index (χ1n) is 8.87. The number of methoxy groups -OCH3 is 1. The molecule has 2 aromatic heterocycles. The van der Waals surface area contributed by atoms with Gasteiger partial charge in [-0.15, -0.1) is 11.3 Å². The van der Waals surface area contributed by atoms with Gasteiger partial charge in [-0.3, -0.25) is 4.90 Å². The maximum Gasteiger partial charge on any atom is 0.146 e. The van der Waals surface area contributed by atoms with Gasteiger partial charge < -0.3 is 14.4 Å². The summed E-state index contributed by atoms with van der Waals surface area (Å²) in [4.78, 5) is 16.8. The zero-order valence-corrected chi connectivity index (χ0v) is 16.5. The molecule has 0 saturated carbocycles. The molecule has 138 valence electrons. The van der Waals surface area contributed by atoms with Crippen molar-refractivity contribution in [2.45, 2.75) is 26.8 Å². The molecule has 1 fully saturated rings. The maximum absolute atomic E-state index is 5.44. The van der Waals surface area contributed by atoms with E-state index in [0.29, 0.717) is 0 Å². The van der Waals surface area contributed by atoms with Crippen molar-refractivity contribution in [1.82, 2.24) is 14.9 Å². The van der Waals surface area contributed by atoms with E-state index in [9.17, 15) is 0 Å². The summed E-state index contributed by atoms with van der Waals surface area (Å²) in [7, 11) is 3.86. The smallest absolute Gasteiger partial charge is 0.146 e. The summed E-state index contributed by atoms with van der Waals surface area (Å²) in [5.74, 6) is 1.95. The number of ether oxygens (including phenoxy) is 2. The molecule has 7 heteroatoms. The molecule has 3 rings (SSSR count). The van der Waals surface area contributed by atoms with Crippen LogP contribution in [0.3, 0.4) is 0 Å². The number of hydrogen-bond donors (Lipinski definition) is 0. The van der Waals surface area contributed by atoms with Crippen molar-refractivity contribution in [1.29, 1.82) is 0 Å². The third-order valence-electron chi connectivity index (χ3n) is 4.73. The fraction of sp³-hybridized carbons (Fsp3) is 0.667. The lowest BCUT2D eigenvalue weighted by atomic mass is 10.2. The minimum Gasteiger partial charge on any atom is -0.385 e. The standard InChI is InChI=1S/C18H28N4O2S/c1-13-14(2)25-18-16(13)17(21(3)6-5-9-23-4)19-15(20-18)12-22-7-10-24-11-8-22/h5-12H2,1-4H3. The average Bonchev–Trinajstić information content (AvgIpc) is 2.89. The fourth-order valence-corrected chi connectivity index (χ4v) is 4.17. The van der Waals surface area contributed by atoms with Crippen LogP contribution in [0.4, 0.5) is 5.82 Å².